The van der Waals surface area contributed by atoms with Gasteiger partial charge in [0.2, 0.25) is 5.95 Å². The van der Waals surface area contributed by atoms with Gasteiger partial charge in [0.15, 0.2) is 11.5 Å². The van der Waals surface area contributed by atoms with Crippen LogP contribution in [0.5, 0.6) is 0 Å². The molecule has 1 aliphatic heterocycles. The maximum Gasteiger partial charge on any atom is 0.224 e. The highest BCUT2D eigenvalue weighted by Gasteiger charge is 2.17. The number of fused-ring (bicyclic) bond motifs is 1. The van der Waals surface area contributed by atoms with Gasteiger partial charge in [0.1, 0.15) is 5.52 Å². The third kappa shape index (κ3) is 1.67. The van der Waals surface area contributed by atoms with Crippen LogP contribution in [0.3, 0.4) is 0 Å². The summed E-state index contributed by atoms with van der Waals surface area (Å²) < 4.78 is 0. The van der Waals surface area contributed by atoms with Crippen molar-refractivity contribution in [3.05, 3.63) is 6.33 Å². The number of nitrogens with zero attached hydrogens (tertiary/aromatic N) is 3. The Balaban J connectivity index is 1.97. The van der Waals surface area contributed by atoms with Crippen LogP contribution in [-0.4, -0.2) is 37.5 Å². The second kappa shape index (κ2) is 3.82. The molecule has 1 saturated heterocycles. The predicted molar refractivity (Wildman–Crippen MR) is 65.4 cm³/mol. The van der Waals surface area contributed by atoms with Crippen LogP contribution < -0.4 is 11.1 Å². The van der Waals surface area contributed by atoms with E-state index in [0.29, 0.717) is 11.7 Å². The first-order valence-electron chi connectivity index (χ1n) is 5.14. The van der Waals surface area contributed by atoms with Crippen molar-refractivity contribution in [2.75, 3.05) is 22.6 Å². The normalized spacial score (nSPS) is 20.4. The monoisotopic (exact) mass is 236 g/mol. The van der Waals surface area contributed by atoms with Crippen LogP contribution in [0.1, 0.15) is 6.42 Å². The lowest BCUT2D eigenvalue weighted by Crippen LogP contribution is -2.19. The fourth-order valence-electron chi connectivity index (χ4n) is 1.80. The highest BCUT2D eigenvalue weighted by atomic mass is 32.2. The van der Waals surface area contributed by atoms with Gasteiger partial charge in [0.05, 0.1) is 6.33 Å². The zero-order valence-electron chi connectivity index (χ0n) is 8.60. The lowest BCUT2D eigenvalue weighted by molar-refractivity contribution is 0.808. The van der Waals surface area contributed by atoms with E-state index in [-0.39, 0.29) is 5.95 Å². The van der Waals surface area contributed by atoms with Gasteiger partial charge < -0.3 is 16.0 Å². The topological polar surface area (TPSA) is 92.5 Å². The molecule has 1 fully saturated rings. The average molecular weight is 236 g/mol. The first-order chi connectivity index (χ1) is 7.83. The fraction of sp³-hybridized carbons (Fsp3) is 0.444. The molecule has 0 amide bonds. The number of nitrogens with two attached hydrogens (primary N) is 1. The number of anilines is 2. The van der Waals surface area contributed by atoms with Gasteiger partial charge in [-0.05, 0) is 12.2 Å². The smallest absolute Gasteiger partial charge is 0.224 e. The lowest BCUT2D eigenvalue weighted by Gasteiger charge is -2.12. The number of aromatic amines is 1. The Morgan fingerprint density at radius 2 is 2.44 bits per heavy atom. The van der Waals surface area contributed by atoms with E-state index >= 15 is 0 Å². The average Bonchev–Trinajstić information content (AvgIpc) is 2.87. The predicted octanol–water partition coefficient (Wildman–Crippen LogP) is 0.852. The molecule has 4 N–H and O–H groups in total. The second-order valence-corrected chi connectivity index (χ2v) is 4.89. The SMILES string of the molecule is Nc1nc(NC2CCSC2)c2[nH]cnc2n1. The zero-order chi connectivity index (χ0) is 11.0. The van der Waals surface area contributed by atoms with Crippen LogP contribution in [0.15, 0.2) is 6.33 Å². The van der Waals surface area contributed by atoms with Crippen molar-refractivity contribution in [3.8, 4) is 0 Å². The summed E-state index contributed by atoms with van der Waals surface area (Å²) in [6.07, 6.45) is 2.76. The van der Waals surface area contributed by atoms with E-state index in [4.69, 9.17) is 5.73 Å². The number of hydrogen-bond acceptors (Lipinski definition) is 6. The summed E-state index contributed by atoms with van der Waals surface area (Å²) in [5.41, 5.74) is 7.07. The minimum atomic E-state index is 0.257. The fourth-order valence-corrected chi connectivity index (χ4v) is 2.95. The van der Waals surface area contributed by atoms with Crippen molar-refractivity contribution in [2.45, 2.75) is 12.5 Å². The van der Waals surface area contributed by atoms with Crippen LogP contribution in [0.2, 0.25) is 0 Å². The Morgan fingerprint density at radius 3 is 3.25 bits per heavy atom. The summed E-state index contributed by atoms with van der Waals surface area (Å²) in [6.45, 7) is 0. The van der Waals surface area contributed by atoms with Gasteiger partial charge >= 0.3 is 0 Å². The molecule has 0 radical (unpaired) electrons. The van der Waals surface area contributed by atoms with Crippen LogP contribution in [0.4, 0.5) is 11.8 Å². The lowest BCUT2D eigenvalue weighted by atomic mass is 10.2. The van der Waals surface area contributed by atoms with Crippen molar-refractivity contribution in [1.82, 2.24) is 19.9 Å². The Kier molecular flexibility index (Phi) is 2.32. The third-order valence-corrected chi connectivity index (χ3v) is 3.74. The van der Waals surface area contributed by atoms with E-state index in [1.54, 1.807) is 6.33 Å². The first-order valence-corrected chi connectivity index (χ1v) is 6.29. The molecule has 3 rings (SSSR count). The standard InChI is InChI=1S/C9H12N6S/c10-9-14-7-6(11-4-12-7)8(15-9)13-5-1-2-16-3-5/h4-5H,1-3H2,(H4,10,11,12,13,14,15). The molecule has 1 aliphatic rings. The number of nitrogens with one attached hydrogen (secondary N) is 2. The number of nitrogen functional groups attached to an aromatic ring is 1. The van der Waals surface area contributed by atoms with Gasteiger partial charge in [-0.2, -0.15) is 21.7 Å². The molecular formula is C9H12N6S. The molecule has 0 saturated carbocycles. The van der Waals surface area contributed by atoms with Gasteiger partial charge in [-0.1, -0.05) is 0 Å². The van der Waals surface area contributed by atoms with E-state index in [1.807, 2.05) is 11.8 Å². The highest BCUT2D eigenvalue weighted by Crippen LogP contribution is 2.23. The number of imidazole rings is 1. The molecule has 0 bridgehead atoms. The largest absolute Gasteiger partial charge is 0.368 e. The molecule has 6 nitrogen and oxygen atoms in total. The number of hydrogen-bond donors (Lipinski definition) is 3. The summed E-state index contributed by atoms with van der Waals surface area (Å²) in [4.78, 5) is 15.4. The molecular weight excluding hydrogens is 224 g/mol. The number of thioether (sulfide) groups is 1. The molecule has 3 heterocycles. The van der Waals surface area contributed by atoms with Gasteiger partial charge in [-0.25, -0.2) is 4.98 Å². The maximum absolute atomic E-state index is 5.64. The minimum Gasteiger partial charge on any atom is -0.368 e. The van der Waals surface area contributed by atoms with Crippen LogP contribution >= 0.6 is 11.8 Å². The van der Waals surface area contributed by atoms with Crippen molar-refractivity contribution in [2.24, 2.45) is 0 Å². The quantitative estimate of drug-likeness (QED) is 0.716. The third-order valence-electron chi connectivity index (χ3n) is 2.57. The van der Waals surface area contributed by atoms with Gasteiger partial charge in [0.25, 0.3) is 0 Å². The number of rotatable bonds is 2. The Bertz CT molecular complexity index is 504. The van der Waals surface area contributed by atoms with Crippen LogP contribution in [0.25, 0.3) is 11.2 Å². The number of aromatic nitrogens is 4. The Morgan fingerprint density at radius 1 is 1.50 bits per heavy atom. The molecule has 7 heteroatoms. The van der Waals surface area contributed by atoms with E-state index in [2.05, 4.69) is 25.3 Å². The molecule has 1 atom stereocenters. The summed E-state index contributed by atoms with van der Waals surface area (Å²) in [7, 11) is 0. The Hall–Kier alpha value is -1.50. The van der Waals surface area contributed by atoms with Crippen molar-refractivity contribution in [3.63, 3.8) is 0 Å². The first kappa shape index (κ1) is 9.71. The zero-order valence-corrected chi connectivity index (χ0v) is 9.42. The minimum absolute atomic E-state index is 0.257. The molecule has 84 valence electrons. The molecule has 16 heavy (non-hydrogen) atoms. The summed E-state index contributed by atoms with van der Waals surface area (Å²) >= 11 is 1.95. The van der Waals surface area contributed by atoms with Gasteiger partial charge in [-0.3, -0.25) is 0 Å². The molecule has 0 aromatic carbocycles. The van der Waals surface area contributed by atoms with E-state index in [9.17, 15) is 0 Å². The van der Waals surface area contributed by atoms with Crippen molar-refractivity contribution < 1.29 is 0 Å². The van der Waals surface area contributed by atoms with E-state index < -0.39 is 0 Å². The molecule has 2 aromatic heterocycles. The summed E-state index contributed by atoms with van der Waals surface area (Å²) in [6, 6.07) is 0.464. The van der Waals surface area contributed by atoms with Crippen LogP contribution in [-0.2, 0) is 0 Å². The highest BCUT2D eigenvalue weighted by molar-refractivity contribution is 7.99. The summed E-state index contributed by atoms with van der Waals surface area (Å²) in [5.74, 6) is 3.32. The maximum atomic E-state index is 5.64. The molecule has 2 aromatic rings. The van der Waals surface area contributed by atoms with Gasteiger partial charge in [0, 0.05) is 11.8 Å². The Labute approximate surface area is 96.4 Å². The van der Waals surface area contributed by atoms with Crippen molar-refractivity contribution in [1.29, 1.82) is 0 Å². The summed E-state index contributed by atoms with van der Waals surface area (Å²) in [5, 5.41) is 3.39. The second-order valence-electron chi connectivity index (χ2n) is 3.74. The van der Waals surface area contributed by atoms with E-state index in [1.165, 1.54) is 5.75 Å². The van der Waals surface area contributed by atoms with Crippen molar-refractivity contribution >= 4 is 34.7 Å². The van der Waals surface area contributed by atoms with Crippen LogP contribution in [0, 0.1) is 0 Å². The molecule has 0 spiro atoms. The van der Waals surface area contributed by atoms with E-state index in [0.717, 1.165) is 23.5 Å². The number of H-pyrrole nitrogens is 1. The molecule has 0 aliphatic carbocycles. The molecule has 1 unspecified atom stereocenters. The van der Waals surface area contributed by atoms with Gasteiger partial charge in [-0.15, -0.1) is 0 Å².